The van der Waals surface area contributed by atoms with Gasteiger partial charge in [-0.2, -0.15) is 0 Å². The van der Waals surface area contributed by atoms with Gasteiger partial charge in [-0.05, 0) is 43.0 Å². The van der Waals surface area contributed by atoms with E-state index in [1.807, 2.05) is 24.4 Å². The number of pyridine rings is 1. The van der Waals surface area contributed by atoms with Crippen molar-refractivity contribution in [3.63, 3.8) is 0 Å². The Bertz CT molecular complexity index is 765. The fourth-order valence-electron chi connectivity index (χ4n) is 2.98. The molecule has 4 heterocycles. The molecule has 3 aromatic heterocycles. The second kappa shape index (κ2) is 6.20. The van der Waals surface area contributed by atoms with Gasteiger partial charge < -0.3 is 9.32 Å². The summed E-state index contributed by atoms with van der Waals surface area (Å²) in [7, 11) is 0. The van der Waals surface area contributed by atoms with E-state index in [0.717, 1.165) is 41.4 Å². The minimum absolute atomic E-state index is 0.804. The van der Waals surface area contributed by atoms with Crippen LogP contribution in [0.2, 0.25) is 0 Å². The molecule has 1 saturated heterocycles. The molecule has 5 nitrogen and oxygen atoms in total. The molecule has 0 unspecified atom stereocenters. The van der Waals surface area contributed by atoms with Crippen molar-refractivity contribution in [1.29, 1.82) is 0 Å². The zero-order valence-corrected chi connectivity index (χ0v) is 12.9. The molecule has 0 N–H and O–H groups in total. The molecule has 1 aliphatic rings. The SMILES string of the molecule is c1cc(-c2cnc(N3CCCCC3)nc2-c2ccoc2)ccn1. The molecule has 0 saturated carbocycles. The van der Waals surface area contributed by atoms with E-state index in [-0.39, 0.29) is 0 Å². The van der Waals surface area contributed by atoms with E-state index < -0.39 is 0 Å². The van der Waals surface area contributed by atoms with E-state index in [1.54, 1.807) is 24.9 Å². The van der Waals surface area contributed by atoms with Crippen LogP contribution >= 0.6 is 0 Å². The van der Waals surface area contributed by atoms with Gasteiger partial charge in [0.15, 0.2) is 0 Å². The van der Waals surface area contributed by atoms with Crippen LogP contribution in [0.4, 0.5) is 5.95 Å². The predicted molar refractivity (Wildman–Crippen MR) is 89.0 cm³/mol. The largest absolute Gasteiger partial charge is 0.472 e. The van der Waals surface area contributed by atoms with Crippen LogP contribution in [-0.2, 0) is 0 Å². The monoisotopic (exact) mass is 306 g/mol. The average molecular weight is 306 g/mol. The van der Waals surface area contributed by atoms with Gasteiger partial charge in [0.25, 0.3) is 0 Å². The second-order valence-corrected chi connectivity index (χ2v) is 5.73. The predicted octanol–water partition coefficient (Wildman–Crippen LogP) is 3.79. The van der Waals surface area contributed by atoms with E-state index in [4.69, 9.17) is 9.40 Å². The molecule has 0 bridgehead atoms. The molecule has 1 aliphatic heterocycles. The van der Waals surface area contributed by atoms with Crippen LogP contribution in [0.15, 0.2) is 53.7 Å². The summed E-state index contributed by atoms with van der Waals surface area (Å²) in [5.41, 5.74) is 3.92. The Hall–Kier alpha value is -2.69. The summed E-state index contributed by atoms with van der Waals surface area (Å²) in [6.07, 6.45) is 12.6. The van der Waals surface area contributed by atoms with E-state index in [0.29, 0.717) is 0 Å². The first-order valence-corrected chi connectivity index (χ1v) is 7.97. The molecule has 0 aromatic carbocycles. The maximum absolute atomic E-state index is 5.26. The Kier molecular flexibility index (Phi) is 3.76. The van der Waals surface area contributed by atoms with E-state index in [9.17, 15) is 0 Å². The van der Waals surface area contributed by atoms with Gasteiger partial charge in [0.2, 0.25) is 5.95 Å². The van der Waals surface area contributed by atoms with E-state index >= 15 is 0 Å². The molecule has 1 fully saturated rings. The van der Waals surface area contributed by atoms with Gasteiger partial charge in [0.1, 0.15) is 0 Å². The lowest BCUT2D eigenvalue weighted by Gasteiger charge is -2.27. The fourth-order valence-corrected chi connectivity index (χ4v) is 2.98. The van der Waals surface area contributed by atoms with Crippen LogP contribution in [0.25, 0.3) is 22.4 Å². The Morgan fingerprint density at radius 2 is 1.78 bits per heavy atom. The second-order valence-electron chi connectivity index (χ2n) is 5.73. The molecule has 3 aromatic rings. The Balaban J connectivity index is 1.80. The summed E-state index contributed by atoms with van der Waals surface area (Å²) < 4.78 is 5.26. The van der Waals surface area contributed by atoms with Crippen LogP contribution in [0.5, 0.6) is 0 Å². The molecule has 0 radical (unpaired) electrons. The van der Waals surface area contributed by atoms with Gasteiger partial charge in [-0.25, -0.2) is 9.97 Å². The minimum Gasteiger partial charge on any atom is -0.472 e. The smallest absolute Gasteiger partial charge is 0.225 e. The lowest BCUT2D eigenvalue weighted by atomic mass is 10.0. The molecule has 23 heavy (non-hydrogen) atoms. The maximum Gasteiger partial charge on any atom is 0.225 e. The molecule has 0 atom stereocenters. The van der Waals surface area contributed by atoms with Crippen molar-refractivity contribution in [1.82, 2.24) is 15.0 Å². The topological polar surface area (TPSA) is 55.1 Å². The standard InChI is InChI=1S/C18H18N4O/c1-2-9-22(10-3-1)18-20-12-16(14-4-7-19-8-5-14)17(21-18)15-6-11-23-13-15/h4-8,11-13H,1-3,9-10H2. The molecule has 0 aliphatic carbocycles. The minimum atomic E-state index is 0.804. The van der Waals surface area contributed by atoms with Crippen molar-refractivity contribution in [3.8, 4) is 22.4 Å². The number of hydrogen-bond donors (Lipinski definition) is 0. The van der Waals surface area contributed by atoms with Crippen molar-refractivity contribution < 1.29 is 4.42 Å². The first-order chi connectivity index (χ1) is 11.4. The van der Waals surface area contributed by atoms with Gasteiger partial charge in [-0.1, -0.05) is 0 Å². The number of rotatable bonds is 3. The number of furan rings is 1. The highest BCUT2D eigenvalue weighted by molar-refractivity contribution is 5.80. The van der Waals surface area contributed by atoms with Crippen LogP contribution < -0.4 is 4.90 Å². The summed E-state index contributed by atoms with van der Waals surface area (Å²) in [5.74, 6) is 0.804. The van der Waals surface area contributed by atoms with Gasteiger partial charge in [-0.3, -0.25) is 4.98 Å². The number of piperidine rings is 1. The zero-order chi connectivity index (χ0) is 15.5. The van der Waals surface area contributed by atoms with Crippen molar-refractivity contribution in [2.24, 2.45) is 0 Å². The maximum atomic E-state index is 5.26. The van der Waals surface area contributed by atoms with Gasteiger partial charge >= 0.3 is 0 Å². The lowest BCUT2D eigenvalue weighted by molar-refractivity contribution is 0.566. The van der Waals surface area contributed by atoms with E-state index in [2.05, 4.69) is 14.9 Å². The number of aromatic nitrogens is 3. The fraction of sp³-hybridized carbons (Fsp3) is 0.278. The molecule has 4 rings (SSSR count). The highest BCUT2D eigenvalue weighted by Crippen LogP contribution is 2.31. The number of anilines is 1. The molecule has 116 valence electrons. The van der Waals surface area contributed by atoms with Crippen LogP contribution in [0.1, 0.15) is 19.3 Å². The zero-order valence-electron chi connectivity index (χ0n) is 12.9. The Morgan fingerprint density at radius 1 is 0.957 bits per heavy atom. The number of nitrogens with zero attached hydrogens (tertiary/aromatic N) is 4. The summed E-state index contributed by atoms with van der Waals surface area (Å²) >= 11 is 0. The molecular weight excluding hydrogens is 288 g/mol. The summed E-state index contributed by atoms with van der Waals surface area (Å²) in [4.78, 5) is 15.8. The molecule has 0 amide bonds. The molecular formula is C18H18N4O. The Morgan fingerprint density at radius 3 is 2.52 bits per heavy atom. The normalized spacial score (nSPS) is 14.9. The highest BCUT2D eigenvalue weighted by atomic mass is 16.3. The van der Waals surface area contributed by atoms with Crippen molar-refractivity contribution in [2.45, 2.75) is 19.3 Å². The van der Waals surface area contributed by atoms with Crippen molar-refractivity contribution in [3.05, 3.63) is 49.3 Å². The average Bonchev–Trinajstić information content (AvgIpc) is 3.17. The third-order valence-corrected chi connectivity index (χ3v) is 4.20. The van der Waals surface area contributed by atoms with Crippen molar-refractivity contribution in [2.75, 3.05) is 18.0 Å². The van der Waals surface area contributed by atoms with Gasteiger partial charge in [0, 0.05) is 42.8 Å². The van der Waals surface area contributed by atoms with Crippen molar-refractivity contribution >= 4 is 5.95 Å². The number of hydrogen-bond acceptors (Lipinski definition) is 5. The Labute approximate surface area is 135 Å². The molecule has 5 heteroatoms. The summed E-state index contributed by atoms with van der Waals surface area (Å²) in [6, 6.07) is 5.89. The third-order valence-electron chi connectivity index (χ3n) is 4.20. The van der Waals surface area contributed by atoms with Crippen LogP contribution in [0, 0.1) is 0 Å². The summed E-state index contributed by atoms with van der Waals surface area (Å²) in [5, 5.41) is 0. The quantitative estimate of drug-likeness (QED) is 0.737. The highest BCUT2D eigenvalue weighted by Gasteiger charge is 2.17. The van der Waals surface area contributed by atoms with Gasteiger partial charge in [0.05, 0.1) is 18.2 Å². The van der Waals surface area contributed by atoms with Gasteiger partial charge in [-0.15, -0.1) is 0 Å². The molecule has 0 spiro atoms. The third kappa shape index (κ3) is 2.82. The first-order valence-electron chi connectivity index (χ1n) is 7.97. The van der Waals surface area contributed by atoms with Crippen LogP contribution in [-0.4, -0.2) is 28.0 Å². The van der Waals surface area contributed by atoms with Crippen LogP contribution in [0.3, 0.4) is 0 Å². The first kappa shape index (κ1) is 13.9. The van der Waals surface area contributed by atoms with E-state index in [1.165, 1.54) is 19.3 Å². The summed E-state index contributed by atoms with van der Waals surface area (Å²) in [6.45, 7) is 2.05. The lowest BCUT2D eigenvalue weighted by Crippen LogP contribution is -2.31.